The number of piperazine rings is 1. The summed E-state index contributed by atoms with van der Waals surface area (Å²) >= 11 is 11.7. The summed E-state index contributed by atoms with van der Waals surface area (Å²) in [7, 11) is 0. The highest BCUT2D eigenvalue weighted by atomic mass is 35.5. The standard InChI is InChI=1S/C10H10Cl2N2O/c11-7-2-1-6(5-8(7)12)9-10(15)14-4-3-13-9/h1-2,5,9,13H,3-4H2,(H,14,15). The van der Waals surface area contributed by atoms with Crippen molar-refractivity contribution < 1.29 is 4.79 Å². The van der Waals surface area contributed by atoms with Gasteiger partial charge < -0.3 is 10.6 Å². The maximum Gasteiger partial charge on any atom is 0.241 e. The van der Waals surface area contributed by atoms with Gasteiger partial charge in [0, 0.05) is 13.1 Å². The first-order valence-electron chi connectivity index (χ1n) is 4.64. The molecule has 1 aliphatic rings. The minimum absolute atomic E-state index is 0.0281. The van der Waals surface area contributed by atoms with E-state index in [0.29, 0.717) is 16.6 Å². The Morgan fingerprint density at radius 1 is 1.20 bits per heavy atom. The van der Waals surface area contributed by atoms with Crippen LogP contribution in [0.2, 0.25) is 10.0 Å². The van der Waals surface area contributed by atoms with Gasteiger partial charge in [-0.1, -0.05) is 29.3 Å². The van der Waals surface area contributed by atoms with Crippen molar-refractivity contribution in [2.45, 2.75) is 6.04 Å². The first-order valence-corrected chi connectivity index (χ1v) is 5.40. The summed E-state index contributed by atoms with van der Waals surface area (Å²) < 4.78 is 0. The molecule has 15 heavy (non-hydrogen) atoms. The SMILES string of the molecule is O=C1NCCNC1c1ccc(Cl)c(Cl)c1. The highest BCUT2D eigenvalue weighted by Gasteiger charge is 2.23. The van der Waals surface area contributed by atoms with Gasteiger partial charge in [-0.25, -0.2) is 0 Å². The molecule has 0 bridgehead atoms. The van der Waals surface area contributed by atoms with Gasteiger partial charge in [-0.05, 0) is 17.7 Å². The Hall–Kier alpha value is -0.770. The Morgan fingerprint density at radius 2 is 2.00 bits per heavy atom. The van der Waals surface area contributed by atoms with Crippen molar-refractivity contribution in [1.82, 2.24) is 10.6 Å². The van der Waals surface area contributed by atoms with E-state index in [1.54, 1.807) is 18.2 Å². The minimum Gasteiger partial charge on any atom is -0.353 e. The third-order valence-corrected chi connectivity index (χ3v) is 3.05. The molecule has 0 spiro atoms. The van der Waals surface area contributed by atoms with E-state index in [1.807, 2.05) is 0 Å². The van der Waals surface area contributed by atoms with Crippen molar-refractivity contribution >= 4 is 29.1 Å². The number of hydrogen-bond acceptors (Lipinski definition) is 2. The lowest BCUT2D eigenvalue weighted by atomic mass is 10.1. The highest BCUT2D eigenvalue weighted by molar-refractivity contribution is 6.42. The Bertz CT molecular complexity index is 395. The molecule has 0 aromatic heterocycles. The third kappa shape index (κ3) is 2.25. The van der Waals surface area contributed by atoms with Crippen molar-refractivity contribution in [1.29, 1.82) is 0 Å². The molecule has 0 saturated carbocycles. The molecular weight excluding hydrogens is 235 g/mol. The fraction of sp³-hybridized carbons (Fsp3) is 0.300. The van der Waals surface area contributed by atoms with Crippen LogP contribution < -0.4 is 10.6 Å². The number of halogens is 2. The van der Waals surface area contributed by atoms with Gasteiger partial charge in [-0.15, -0.1) is 0 Å². The van der Waals surface area contributed by atoms with Crippen LogP contribution in [0.4, 0.5) is 0 Å². The van der Waals surface area contributed by atoms with E-state index in [0.717, 1.165) is 12.1 Å². The summed E-state index contributed by atoms with van der Waals surface area (Å²) in [6.45, 7) is 1.42. The first-order chi connectivity index (χ1) is 7.18. The Kier molecular flexibility index (Phi) is 3.14. The first kappa shape index (κ1) is 10.7. The molecule has 1 aromatic carbocycles. The summed E-state index contributed by atoms with van der Waals surface area (Å²) in [4.78, 5) is 11.5. The zero-order valence-electron chi connectivity index (χ0n) is 7.89. The molecule has 0 radical (unpaired) electrons. The second kappa shape index (κ2) is 4.39. The van der Waals surface area contributed by atoms with Gasteiger partial charge in [0.2, 0.25) is 5.91 Å². The van der Waals surface area contributed by atoms with Gasteiger partial charge in [-0.2, -0.15) is 0 Å². The van der Waals surface area contributed by atoms with Crippen LogP contribution in [0.15, 0.2) is 18.2 Å². The van der Waals surface area contributed by atoms with Gasteiger partial charge in [0.05, 0.1) is 10.0 Å². The molecule has 80 valence electrons. The molecule has 2 rings (SSSR count). The summed E-state index contributed by atoms with van der Waals surface area (Å²) in [5, 5.41) is 6.87. The maximum atomic E-state index is 11.5. The predicted molar refractivity (Wildman–Crippen MR) is 60.2 cm³/mol. The van der Waals surface area contributed by atoms with Crippen LogP contribution >= 0.6 is 23.2 Å². The van der Waals surface area contributed by atoms with E-state index in [1.165, 1.54) is 0 Å². The molecule has 1 saturated heterocycles. The van der Waals surface area contributed by atoms with E-state index < -0.39 is 0 Å². The predicted octanol–water partition coefficient (Wildman–Crippen LogP) is 1.75. The van der Waals surface area contributed by atoms with Crippen LogP contribution in [0.5, 0.6) is 0 Å². The molecule has 1 unspecified atom stereocenters. The number of nitrogens with one attached hydrogen (secondary N) is 2. The zero-order valence-corrected chi connectivity index (χ0v) is 9.40. The monoisotopic (exact) mass is 244 g/mol. The fourth-order valence-electron chi connectivity index (χ4n) is 1.56. The topological polar surface area (TPSA) is 41.1 Å². The van der Waals surface area contributed by atoms with Crippen LogP contribution in [0.25, 0.3) is 0 Å². The van der Waals surface area contributed by atoms with Crippen molar-refractivity contribution in [3.05, 3.63) is 33.8 Å². The lowest BCUT2D eigenvalue weighted by Crippen LogP contribution is -2.47. The molecule has 5 heteroatoms. The summed E-state index contributed by atoms with van der Waals surface area (Å²) in [5.74, 6) is -0.0281. The van der Waals surface area contributed by atoms with Crippen molar-refractivity contribution in [2.75, 3.05) is 13.1 Å². The average molecular weight is 245 g/mol. The summed E-state index contributed by atoms with van der Waals surface area (Å²) in [6.07, 6.45) is 0. The zero-order chi connectivity index (χ0) is 10.8. The molecule has 0 aliphatic carbocycles. The molecule has 3 nitrogen and oxygen atoms in total. The Morgan fingerprint density at radius 3 is 2.67 bits per heavy atom. The largest absolute Gasteiger partial charge is 0.353 e. The van der Waals surface area contributed by atoms with Crippen LogP contribution in [0.3, 0.4) is 0 Å². The van der Waals surface area contributed by atoms with E-state index in [2.05, 4.69) is 10.6 Å². The van der Waals surface area contributed by atoms with Gasteiger partial charge in [0.15, 0.2) is 0 Å². The number of amides is 1. The quantitative estimate of drug-likeness (QED) is 0.791. The molecular formula is C10H10Cl2N2O. The second-order valence-electron chi connectivity index (χ2n) is 3.35. The van der Waals surface area contributed by atoms with E-state index >= 15 is 0 Å². The lowest BCUT2D eigenvalue weighted by Gasteiger charge is -2.23. The smallest absolute Gasteiger partial charge is 0.241 e. The van der Waals surface area contributed by atoms with Crippen molar-refractivity contribution in [3.8, 4) is 0 Å². The third-order valence-electron chi connectivity index (χ3n) is 2.31. The molecule has 1 aliphatic heterocycles. The average Bonchev–Trinajstić information content (AvgIpc) is 2.23. The molecule has 2 N–H and O–H groups in total. The summed E-state index contributed by atoms with van der Waals surface area (Å²) in [5.41, 5.74) is 0.835. The number of benzene rings is 1. The van der Waals surface area contributed by atoms with Gasteiger partial charge in [-0.3, -0.25) is 4.79 Å². The Balaban J connectivity index is 2.28. The van der Waals surface area contributed by atoms with E-state index in [-0.39, 0.29) is 11.9 Å². The van der Waals surface area contributed by atoms with Crippen molar-refractivity contribution in [3.63, 3.8) is 0 Å². The van der Waals surface area contributed by atoms with Gasteiger partial charge in [0.25, 0.3) is 0 Å². The minimum atomic E-state index is -0.325. The van der Waals surface area contributed by atoms with Crippen LogP contribution in [-0.4, -0.2) is 19.0 Å². The molecule has 1 fully saturated rings. The molecule has 1 amide bonds. The van der Waals surface area contributed by atoms with Crippen LogP contribution in [0.1, 0.15) is 11.6 Å². The summed E-state index contributed by atoms with van der Waals surface area (Å²) in [6, 6.07) is 4.89. The lowest BCUT2D eigenvalue weighted by molar-refractivity contribution is -0.124. The van der Waals surface area contributed by atoms with Crippen LogP contribution in [0, 0.1) is 0 Å². The van der Waals surface area contributed by atoms with E-state index in [4.69, 9.17) is 23.2 Å². The second-order valence-corrected chi connectivity index (χ2v) is 4.17. The number of rotatable bonds is 1. The van der Waals surface area contributed by atoms with Gasteiger partial charge >= 0.3 is 0 Å². The number of carbonyl (C=O) groups is 1. The van der Waals surface area contributed by atoms with Crippen LogP contribution in [-0.2, 0) is 4.79 Å². The molecule has 1 heterocycles. The number of carbonyl (C=O) groups excluding carboxylic acids is 1. The van der Waals surface area contributed by atoms with Gasteiger partial charge in [0.1, 0.15) is 6.04 Å². The highest BCUT2D eigenvalue weighted by Crippen LogP contribution is 2.26. The normalized spacial score (nSPS) is 21.2. The van der Waals surface area contributed by atoms with Crippen molar-refractivity contribution in [2.24, 2.45) is 0 Å². The number of hydrogen-bond donors (Lipinski definition) is 2. The Labute approximate surface area is 97.8 Å². The van der Waals surface area contributed by atoms with E-state index in [9.17, 15) is 4.79 Å². The maximum absolute atomic E-state index is 11.5. The fourth-order valence-corrected chi connectivity index (χ4v) is 1.86. The molecule has 1 atom stereocenters. The molecule has 1 aromatic rings.